The van der Waals surface area contributed by atoms with Crippen molar-refractivity contribution < 1.29 is 32.2 Å². The van der Waals surface area contributed by atoms with Crippen LogP contribution in [0.5, 0.6) is 11.5 Å². The normalized spacial score (nSPS) is 11.9. The van der Waals surface area contributed by atoms with Gasteiger partial charge in [-0.2, -0.15) is 0 Å². The van der Waals surface area contributed by atoms with Crippen LogP contribution in [0.3, 0.4) is 0 Å². The molecule has 1 atom stereocenters. The highest BCUT2D eigenvalue weighted by atomic mass is 32.2. The molecule has 30 heavy (non-hydrogen) atoms. The molecule has 0 bridgehead atoms. The van der Waals surface area contributed by atoms with Gasteiger partial charge >= 0.3 is 5.97 Å². The Hall–Kier alpha value is -3.27. The van der Waals surface area contributed by atoms with Crippen LogP contribution < -0.4 is 19.5 Å². The van der Waals surface area contributed by atoms with Crippen LogP contribution in [0, 0.1) is 0 Å². The summed E-state index contributed by atoms with van der Waals surface area (Å²) in [5.41, 5.74) is 1.08. The molecule has 2 aromatic carbocycles. The molecule has 0 radical (unpaired) electrons. The summed E-state index contributed by atoms with van der Waals surface area (Å²) in [4.78, 5) is 24.7. The lowest BCUT2D eigenvalue weighted by Crippen LogP contribution is -2.30. The number of hydrogen-bond donors (Lipinski definition) is 2. The maximum atomic E-state index is 12.8. The summed E-state index contributed by atoms with van der Waals surface area (Å²) in [7, 11) is 0.757. The fourth-order valence-electron chi connectivity index (χ4n) is 2.75. The maximum Gasteiger partial charge on any atom is 0.307 e. The monoisotopic (exact) mass is 436 g/mol. The number of methoxy groups -OCH3 is 3. The Balaban J connectivity index is 2.32. The lowest BCUT2D eigenvalue weighted by atomic mass is 10.0. The quantitative estimate of drug-likeness (QED) is 0.578. The molecule has 0 aliphatic carbocycles. The predicted molar refractivity (Wildman–Crippen MR) is 111 cm³/mol. The van der Waals surface area contributed by atoms with Gasteiger partial charge in [0.25, 0.3) is 5.91 Å². The van der Waals surface area contributed by atoms with Gasteiger partial charge in [-0.15, -0.1) is 0 Å². The molecule has 2 N–H and O–H groups in total. The summed E-state index contributed by atoms with van der Waals surface area (Å²) >= 11 is 0. The van der Waals surface area contributed by atoms with Crippen molar-refractivity contribution in [1.82, 2.24) is 5.32 Å². The highest BCUT2D eigenvalue weighted by Gasteiger charge is 2.21. The van der Waals surface area contributed by atoms with Gasteiger partial charge in [0.1, 0.15) is 0 Å². The molecule has 0 heterocycles. The number of ether oxygens (including phenoxy) is 3. The van der Waals surface area contributed by atoms with Crippen LogP contribution in [0.2, 0.25) is 0 Å². The minimum absolute atomic E-state index is 0.112. The number of rotatable bonds is 9. The largest absolute Gasteiger partial charge is 0.493 e. The molecule has 0 saturated carbocycles. The summed E-state index contributed by atoms with van der Waals surface area (Å²) < 4.78 is 40.4. The fraction of sp³-hybridized carbons (Fsp3) is 0.300. The lowest BCUT2D eigenvalue weighted by Gasteiger charge is -2.20. The first kappa shape index (κ1) is 23.0. The van der Waals surface area contributed by atoms with Crippen molar-refractivity contribution in [3.05, 3.63) is 53.6 Å². The number of carbonyl (C=O) groups excluding carboxylic acids is 2. The molecule has 0 aliphatic heterocycles. The Kier molecular flexibility index (Phi) is 7.65. The topological polar surface area (TPSA) is 120 Å². The first-order valence-corrected chi connectivity index (χ1v) is 10.7. The molecule has 0 spiro atoms. The van der Waals surface area contributed by atoms with Crippen LogP contribution in [0.1, 0.15) is 28.4 Å². The molecule has 0 saturated heterocycles. The average Bonchev–Trinajstić information content (AvgIpc) is 2.71. The van der Waals surface area contributed by atoms with Crippen LogP contribution in [-0.4, -0.2) is 47.9 Å². The highest BCUT2D eigenvalue weighted by Crippen LogP contribution is 2.31. The second kappa shape index (κ2) is 9.97. The van der Waals surface area contributed by atoms with Gasteiger partial charge in [0, 0.05) is 11.3 Å². The van der Waals surface area contributed by atoms with Crippen molar-refractivity contribution in [3.8, 4) is 11.5 Å². The molecule has 2 aromatic rings. The molecule has 1 unspecified atom stereocenters. The van der Waals surface area contributed by atoms with Crippen molar-refractivity contribution in [2.45, 2.75) is 12.5 Å². The summed E-state index contributed by atoms with van der Waals surface area (Å²) in [6.45, 7) is 0. The lowest BCUT2D eigenvalue weighted by molar-refractivity contribution is -0.141. The van der Waals surface area contributed by atoms with Gasteiger partial charge in [-0.05, 0) is 35.9 Å². The summed E-state index contributed by atoms with van der Waals surface area (Å²) in [5.74, 6) is -0.0548. The van der Waals surface area contributed by atoms with Gasteiger partial charge in [0.15, 0.2) is 11.5 Å². The Morgan fingerprint density at radius 3 is 2.30 bits per heavy atom. The van der Waals surface area contributed by atoms with Crippen molar-refractivity contribution in [2.75, 3.05) is 32.3 Å². The van der Waals surface area contributed by atoms with Gasteiger partial charge in [0.05, 0.1) is 40.0 Å². The average molecular weight is 436 g/mol. The van der Waals surface area contributed by atoms with Crippen LogP contribution in [-0.2, 0) is 19.6 Å². The SMILES string of the molecule is COC(=O)CC(NC(=O)c1cccc(NS(C)(=O)=O)c1)c1ccc(OC)c(OC)c1. The second-order valence-electron chi connectivity index (χ2n) is 6.38. The number of sulfonamides is 1. The number of hydrogen-bond acceptors (Lipinski definition) is 7. The van der Waals surface area contributed by atoms with Gasteiger partial charge in [0.2, 0.25) is 10.0 Å². The zero-order chi connectivity index (χ0) is 22.3. The number of esters is 1. The number of carbonyl (C=O) groups is 2. The first-order valence-electron chi connectivity index (χ1n) is 8.84. The standard InChI is InChI=1S/C20H24N2O7S/c1-27-17-9-8-13(11-18(17)28-2)16(12-19(23)29-3)21-20(24)14-6-5-7-15(10-14)22-30(4,25)26/h5-11,16,22H,12H2,1-4H3,(H,21,24). The Labute approximate surface area is 175 Å². The first-order chi connectivity index (χ1) is 14.2. The Bertz CT molecular complexity index is 1020. The molecule has 10 heteroatoms. The molecule has 162 valence electrons. The van der Waals surface area contributed by atoms with E-state index in [0.29, 0.717) is 17.1 Å². The fourth-order valence-corrected chi connectivity index (χ4v) is 3.31. The van der Waals surface area contributed by atoms with Crippen molar-refractivity contribution in [2.24, 2.45) is 0 Å². The Morgan fingerprint density at radius 2 is 1.70 bits per heavy atom. The molecule has 1 amide bonds. The predicted octanol–water partition coefficient (Wildman–Crippen LogP) is 2.11. The van der Waals surface area contributed by atoms with Crippen LogP contribution >= 0.6 is 0 Å². The summed E-state index contributed by atoms with van der Waals surface area (Å²) in [5, 5.41) is 2.78. The van der Waals surface area contributed by atoms with Crippen molar-refractivity contribution in [1.29, 1.82) is 0 Å². The second-order valence-corrected chi connectivity index (χ2v) is 8.12. The van der Waals surface area contributed by atoms with Crippen molar-refractivity contribution >= 4 is 27.6 Å². The number of benzene rings is 2. The zero-order valence-corrected chi connectivity index (χ0v) is 17.9. The third-order valence-electron chi connectivity index (χ3n) is 4.14. The van der Waals surface area contributed by atoms with E-state index in [-0.39, 0.29) is 17.7 Å². The molecule has 0 aromatic heterocycles. The highest BCUT2D eigenvalue weighted by molar-refractivity contribution is 7.92. The van der Waals surface area contributed by atoms with Crippen LogP contribution in [0.25, 0.3) is 0 Å². The minimum atomic E-state index is -3.49. The van der Waals surface area contributed by atoms with E-state index < -0.39 is 27.9 Å². The smallest absolute Gasteiger partial charge is 0.307 e. The number of nitrogens with one attached hydrogen (secondary N) is 2. The molecular formula is C20H24N2O7S. The van der Waals surface area contributed by atoms with Gasteiger partial charge in [-0.1, -0.05) is 12.1 Å². The van der Waals surface area contributed by atoms with Gasteiger partial charge in [-0.3, -0.25) is 14.3 Å². The van der Waals surface area contributed by atoms with Gasteiger partial charge in [-0.25, -0.2) is 8.42 Å². The van der Waals surface area contributed by atoms with E-state index in [1.54, 1.807) is 24.3 Å². The maximum absolute atomic E-state index is 12.8. The Morgan fingerprint density at radius 1 is 1.00 bits per heavy atom. The molecule has 9 nitrogen and oxygen atoms in total. The minimum Gasteiger partial charge on any atom is -0.493 e. The van der Waals surface area contributed by atoms with E-state index in [0.717, 1.165) is 6.26 Å². The number of amides is 1. The summed E-state index contributed by atoms with van der Waals surface area (Å²) in [6.07, 6.45) is 0.905. The van der Waals surface area contributed by atoms with Gasteiger partial charge < -0.3 is 19.5 Å². The van der Waals surface area contributed by atoms with Crippen molar-refractivity contribution in [3.63, 3.8) is 0 Å². The molecule has 0 aliphatic rings. The van der Waals surface area contributed by atoms with E-state index >= 15 is 0 Å². The van der Waals surface area contributed by atoms with E-state index in [1.165, 1.54) is 39.5 Å². The molecule has 0 fully saturated rings. The van der Waals surface area contributed by atoms with E-state index in [1.807, 2.05) is 0 Å². The third-order valence-corrected chi connectivity index (χ3v) is 4.75. The summed E-state index contributed by atoms with van der Waals surface area (Å²) in [6, 6.07) is 10.3. The third kappa shape index (κ3) is 6.38. The molecular weight excluding hydrogens is 412 g/mol. The zero-order valence-electron chi connectivity index (χ0n) is 17.1. The van der Waals surface area contributed by atoms with Crippen LogP contribution in [0.15, 0.2) is 42.5 Å². The van der Waals surface area contributed by atoms with E-state index in [4.69, 9.17) is 14.2 Å². The van der Waals surface area contributed by atoms with Crippen LogP contribution in [0.4, 0.5) is 5.69 Å². The molecule has 2 rings (SSSR count). The number of anilines is 1. The van der Waals surface area contributed by atoms with E-state index in [9.17, 15) is 18.0 Å². The van der Waals surface area contributed by atoms with E-state index in [2.05, 4.69) is 10.0 Å².